The Morgan fingerprint density at radius 3 is 2.94 bits per heavy atom. The van der Waals surface area contributed by atoms with E-state index in [9.17, 15) is 15.0 Å². The molecule has 18 heavy (non-hydrogen) atoms. The van der Waals surface area contributed by atoms with Crippen molar-refractivity contribution in [2.45, 2.75) is 31.1 Å². The van der Waals surface area contributed by atoms with Crippen LogP contribution >= 0.6 is 0 Å². The van der Waals surface area contributed by atoms with Gasteiger partial charge in [0.05, 0.1) is 18.0 Å². The van der Waals surface area contributed by atoms with E-state index in [0.717, 1.165) is 0 Å². The number of anilines is 1. The molecule has 0 aliphatic heterocycles. The van der Waals surface area contributed by atoms with Crippen LogP contribution in [0.3, 0.4) is 0 Å². The highest BCUT2D eigenvalue weighted by atomic mass is 16.3. The summed E-state index contributed by atoms with van der Waals surface area (Å²) in [5.41, 5.74) is 4.83. The molecule has 1 fully saturated rings. The largest absolute Gasteiger partial charge is 0.390 e. The maximum absolute atomic E-state index is 11.6. The maximum atomic E-state index is 11.6. The number of aromatic amines is 1. The highest BCUT2D eigenvalue weighted by Crippen LogP contribution is 2.40. The number of nitrogens with zero attached hydrogens (tertiary/aromatic N) is 3. The van der Waals surface area contributed by atoms with E-state index < -0.39 is 23.3 Å². The van der Waals surface area contributed by atoms with Crippen LogP contribution in [0.5, 0.6) is 0 Å². The van der Waals surface area contributed by atoms with E-state index in [1.807, 2.05) is 0 Å². The number of nitrogens with two attached hydrogens (primary N) is 1. The molecule has 0 bridgehead atoms. The standard InChI is InChI=1S/C10H13N5O3/c1-10(2-4(16)6(10)17)15-3-12-5-7(15)13-9(11)14-8(5)18/h3-4,6,16-17H,2H2,1H3,(H3,11,13,14,18)/t4-,6+,10?/m1/s1. The number of nitrogen functional groups attached to an aromatic ring is 1. The van der Waals surface area contributed by atoms with Gasteiger partial charge >= 0.3 is 0 Å². The predicted molar refractivity (Wildman–Crippen MR) is 62.8 cm³/mol. The van der Waals surface area contributed by atoms with E-state index >= 15 is 0 Å². The Morgan fingerprint density at radius 1 is 1.61 bits per heavy atom. The normalized spacial score (nSPS) is 31.5. The smallest absolute Gasteiger partial charge is 0.280 e. The van der Waals surface area contributed by atoms with E-state index in [1.165, 1.54) is 6.33 Å². The Bertz CT molecular complexity index is 678. The van der Waals surface area contributed by atoms with Gasteiger partial charge in [0.15, 0.2) is 11.2 Å². The molecule has 8 heteroatoms. The van der Waals surface area contributed by atoms with Crippen molar-refractivity contribution in [3.63, 3.8) is 0 Å². The van der Waals surface area contributed by atoms with E-state index in [1.54, 1.807) is 11.5 Å². The third-order valence-electron chi connectivity index (χ3n) is 3.60. The van der Waals surface area contributed by atoms with Crippen molar-refractivity contribution in [1.82, 2.24) is 19.5 Å². The lowest BCUT2D eigenvalue weighted by Crippen LogP contribution is -2.60. The molecule has 2 aromatic heterocycles. The van der Waals surface area contributed by atoms with Crippen LogP contribution in [-0.2, 0) is 5.54 Å². The monoisotopic (exact) mass is 251 g/mol. The first-order chi connectivity index (χ1) is 8.43. The first-order valence-corrected chi connectivity index (χ1v) is 5.53. The van der Waals surface area contributed by atoms with Gasteiger partial charge in [-0.3, -0.25) is 9.78 Å². The number of aliphatic hydroxyl groups is 2. The number of nitrogens with one attached hydrogen (secondary N) is 1. The summed E-state index contributed by atoms with van der Waals surface area (Å²) >= 11 is 0. The van der Waals surface area contributed by atoms with Gasteiger partial charge in [0, 0.05) is 6.42 Å². The zero-order valence-electron chi connectivity index (χ0n) is 9.66. The Kier molecular flexibility index (Phi) is 2.05. The van der Waals surface area contributed by atoms with Crippen LogP contribution in [0.25, 0.3) is 11.2 Å². The van der Waals surface area contributed by atoms with E-state index in [4.69, 9.17) is 5.73 Å². The third-order valence-corrected chi connectivity index (χ3v) is 3.60. The van der Waals surface area contributed by atoms with Gasteiger partial charge in [-0.05, 0) is 6.92 Å². The van der Waals surface area contributed by atoms with Gasteiger partial charge in [0.2, 0.25) is 5.95 Å². The Morgan fingerprint density at radius 2 is 2.33 bits per heavy atom. The molecule has 96 valence electrons. The molecule has 2 aromatic rings. The fourth-order valence-electron chi connectivity index (χ4n) is 2.45. The second-order valence-electron chi connectivity index (χ2n) is 4.81. The molecule has 0 spiro atoms. The average Bonchev–Trinajstić information content (AvgIpc) is 2.72. The van der Waals surface area contributed by atoms with Crippen LogP contribution in [-0.4, -0.2) is 41.9 Å². The molecule has 0 aromatic carbocycles. The van der Waals surface area contributed by atoms with Crippen molar-refractivity contribution >= 4 is 17.1 Å². The lowest BCUT2D eigenvalue weighted by Gasteiger charge is -2.48. The van der Waals surface area contributed by atoms with Crippen LogP contribution in [0.15, 0.2) is 11.1 Å². The molecule has 8 nitrogen and oxygen atoms in total. The Hall–Kier alpha value is -1.93. The summed E-state index contributed by atoms with van der Waals surface area (Å²) in [5.74, 6) is -0.00721. The van der Waals surface area contributed by atoms with Gasteiger partial charge in [-0.2, -0.15) is 4.98 Å². The van der Waals surface area contributed by atoms with Gasteiger partial charge < -0.3 is 20.5 Å². The molecule has 3 atom stereocenters. The molecule has 1 aliphatic rings. The molecular weight excluding hydrogens is 238 g/mol. The van der Waals surface area contributed by atoms with Crippen molar-refractivity contribution in [3.05, 3.63) is 16.7 Å². The number of rotatable bonds is 1. The summed E-state index contributed by atoms with van der Waals surface area (Å²) in [5, 5.41) is 19.3. The molecule has 1 aliphatic carbocycles. The fourth-order valence-corrected chi connectivity index (χ4v) is 2.45. The highest BCUT2D eigenvalue weighted by Gasteiger charge is 2.51. The topological polar surface area (TPSA) is 130 Å². The third kappa shape index (κ3) is 1.24. The Balaban J connectivity index is 2.23. The van der Waals surface area contributed by atoms with Crippen LogP contribution < -0.4 is 11.3 Å². The molecule has 1 saturated carbocycles. The lowest BCUT2D eigenvalue weighted by atomic mass is 9.72. The zero-order chi connectivity index (χ0) is 13.1. The minimum Gasteiger partial charge on any atom is -0.390 e. The van der Waals surface area contributed by atoms with Gasteiger partial charge in [-0.1, -0.05) is 0 Å². The summed E-state index contributed by atoms with van der Waals surface area (Å²) in [4.78, 5) is 22.0. The zero-order valence-corrected chi connectivity index (χ0v) is 9.66. The fraction of sp³-hybridized carbons (Fsp3) is 0.500. The molecular formula is C10H13N5O3. The summed E-state index contributed by atoms with van der Waals surface area (Å²) in [6.45, 7) is 1.77. The summed E-state index contributed by atoms with van der Waals surface area (Å²) < 4.78 is 1.59. The molecule has 3 rings (SSSR count). The molecule has 2 heterocycles. The first kappa shape index (κ1) is 11.2. The number of aliphatic hydroxyl groups excluding tert-OH is 2. The van der Waals surface area contributed by atoms with Crippen molar-refractivity contribution in [3.8, 4) is 0 Å². The minimum absolute atomic E-state index is 0.00721. The SMILES string of the molecule is CC1(n2cnc3c(=O)[nH]c(N)nc32)C[C@@H](O)[C@@H]1O. The van der Waals surface area contributed by atoms with Gasteiger partial charge in [-0.15, -0.1) is 0 Å². The second kappa shape index (κ2) is 3.30. The van der Waals surface area contributed by atoms with Crippen molar-refractivity contribution in [1.29, 1.82) is 0 Å². The molecule has 0 amide bonds. The molecule has 1 unspecified atom stereocenters. The number of hydrogen-bond donors (Lipinski definition) is 4. The Labute approximate surface area is 101 Å². The van der Waals surface area contributed by atoms with E-state index in [-0.39, 0.29) is 11.5 Å². The summed E-state index contributed by atoms with van der Waals surface area (Å²) in [6, 6.07) is 0. The lowest BCUT2D eigenvalue weighted by molar-refractivity contribution is -0.144. The van der Waals surface area contributed by atoms with Crippen LogP contribution in [0.2, 0.25) is 0 Å². The number of hydrogen-bond acceptors (Lipinski definition) is 6. The number of imidazole rings is 1. The second-order valence-corrected chi connectivity index (χ2v) is 4.81. The van der Waals surface area contributed by atoms with Gasteiger partial charge in [0.25, 0.3) is 5.56 Å². The summed E-state index contributed by atoms with van der Waals surface area (Å²) in [6.07, 6.45) is 0.110. The van der Waals surface area contributed by atoms with Crippen molar-refractivity contribution < 1.29 is 10.2 Å². The van der Waals surface area contributed by atoms with Gasteiger partial charge in [0.1, 0.15) is 6.10 Å². The predicted octanol–water partition coefficient (Wildman–Crippen LogP) is -1.46. The number of H-pyrrole nitrogens is 1. The first-order valence-electron chi connectivity index (χ1n) is 5.53. The van der Waals surface area contributed by atoms with E-state index in [0.29, 0.717) is 12.1 Å². The minimum atomic E-state index is -0.919. The van der Waals surface area contributed by atoms with Crippen LogP contribution in [0.4, 0.5) is 5.95 Å². The molecule has 0 saturated heterocycles. The van der Waals surface area contributed by atoms with Crippen molar-refractivity contribution in [2.24, 2.45) is 0 Å². The number of fused-ring (bicyclic) bond motifs is 1. The number of aromatic nitrogens is 4. The van der Waals surface area contributed by atoms with Crippen molar-refractivity contribution in [2.75, 3.05) is 5.73 Å². The average molecular weight is 251 g/mol. The summed E-state index contributed by atoms with van der Waals surface area (Å²) in [7, 11) is 0. The van der Waals surface area contributed by atoms with Crippen LogP contribution in [0.1, 0.15) is 13.3 Å². The molecule has 5 N–H and O–H groups in total. The van der Waals surface area contributed by atoms with E-state index in [2.05, 4.69) is 15.0 Å². The molecule has 0 radical (unpaired) electrons. The highest BCUT2D eigenvalue weighted by molar-refractivity contribution is 5.71. The van der Waals surface area contributed by atoms with Crippen LogP contribution in [0, 0.1) is 0 Å². The maximum Gasteiger partial charge on any atom is 0.280 e. The van der Waals surface area contributed by atoms with Gasteiger partial charge in [-0.25, -0.2) is 4.98 Å². The quantitative estimate of drug-likeness (QED) is 0.490.